The maximum atomic E-state index is 13.7. The van der Waals surface area contributed by atoms with Gasteiger partial charge in [-0.25, -0.2) is 17.6 Å². The van der Waals surface area contributed by atoms with Crippen molar-refractivity contribution in [2.24, 2.45) is 0 Å². The van der Waals surface area contributed by atoms with E-state index in [2.05, 4.69) is 0 Å². The summed E-state index contributed by atoms with van der Waals surface area (Å²) >= 11 is 0. The van der Waals surface area contributed by atoms with Gasteiger partial charge in [0.1, 0.15) is 0 Å². The normalized spacial score (nSPS) is 11.3. The number of benzene rings is 1. The van der Waals surface area contributed by atoms with Crippen LogP contribution in [0.25, 0.3) is 0 Å². The van der Waals surface area contributed by atoms with Crippen LogP contribution in [0.2, 0.25) is 0 Å². The van der Waals surface area contributed by atoms with Crippen LogP contribution < -0.4 is 5.32 Å². The molecule has 0 aliphatic carbocycles. The van der Waals surface area contributed by atoms with Gasteiger partial charge in [-0.05, 0) is 32.4 Å². The van der Waals surface area contributed by atoms with Crippen molar-refractivity contribution in [1.29, 1.82) is 0 Å². The van der Waals surface area contributed by atoms with Crippen LogP contribution in [-0.2, 0) is 9.59 Å². The van der Waals surface area contributed by atoms with Gasteiger partial charge in [-0.1, -0.05) is 6.92 Å². The first-order valence-corrected chi connectivity index (χ1v) is 6.99. The lowest BCUT2D eigenvalue weighted by Crippen LogP contribution is -2.46. The molecule has 0 aromatic heterocycles. The molecule has 0 unspecified atom stereocenters. The fraction of sp³-hybridized carbons (Fsp3) is 0.467. The lowest BCUT2D eigenvalue weighted by molar-refractivity contribution is -0.144. The summed E-state index contributed by atoms with van der Waals surface area (Å²) in [5.74, 6) is -6.38. The van der Waals surface area contributed by atoms with Crippen LogP contribution in [0.15, 0.2) is 12.1 Å². The van der Waals surface area contributed by atoms with Crippen molar-refractivity contribution in [2.45, 2.75) is 32.9 Å². The molecule has 0 bridgehead atoms. The van der Waals surface area contributed by atoms with Crippen molar-refractivity contribution in [3.63, 3.8) is 0 Å². The Morgan fingerprint density at radius 2 is 1.78 bits per heavy atom. The fourth-order valence-corrected chi connectivity index (χ4v) is 1.88. The van der Waals surface area contributed by atoms with E-state index in [4.69, 9.17) is 0 Å². The Morgan fingerprint density at radius 1 is 1.17 bits per heavy atom. The third-order valence-corrected chi connectivity index (χ3v) is 2.93. The van der Waals surface area contributed by atoms with Crippen LogP contribution in [0.1, 0.15) is 27.2 Å². The third-order valence-electron chi connectivity index (χ3n) is 2.93. The first-order chi connectivity index (χ1) is 10.6. The molecule has 1 aromatic carbocycles. The van der Waals surface area contributed by atoms with Gasteiger partial charge in [-0.3, -0.25) is 9.59 Å². The van der Waals surface area contributed by atoms with Gasteiger partial charge in [0.25, 0.3) is 5.91 Å². The first-order valence-electron chi connectivity index (χ1n) is 6.99. The molecule has 4 nitrogen and oxygen atoms in total. The smallest absolute Gasteiger partial charge is 0.260 e. The molecule has 0 aliphatic heterocycles. The van der Waals surface area contributed by atoms with Gasteiger partial charge < -0.3 is 10.2 Å². The Kier molecular flexibility index (Phi) is 6.12. The Bertz CT molecular complexity index is 600. The number of nitrogens with zero attached hydrogens (tertiary/aromatic N) is 1. The van der Waals surface area contributed by atoms with Crippen molar-refractivity contribution in [2.75, 3.05) is 18.4 Å². The summed E-state index contributed by atoms with van der Waals surface area (Å²) in [5.41, 5.74) is -2.72. The van der Waals surface area contributed by atoms with E-state index < -0.39 is 47.2 Å². The minimum absolute atomic E-state index is 0.125. The van der Waals surface area contributed by atoms with E-state index >= 15 is 0 Å². The van der Waals surface area contributed by atoms with Gasteiger partial charge in [-0.15, -0.1) is 0 Å². The third kappa shape index (κ3) is 4.94. The quantitative estimate of drug-likeness (QED) is 0.642. The Labute approximate surface area is 131 Å². The molecule has 0 fully saturated rings. The summed E-state index contributed by atoms with van der Waals surface area (Å²) in [6.07, 6.45) is 0.481. The molecule has 128 valence electrons. The zero-order valence-electron chi connectivity index (χ0n) is 13.1. The first kappa shape index (κ1) is 18.9. The van der Waals surface area contributed by atoms with E-state index in [1.54, 1.807) is 6.92 Å². The lowest BCUT2D eigenvalue weighted by Gasteiger charge is -2.26. The van der Waals surface area contributed by atoms with Crippen LogP contribution >= 0.6 is 0 Å². The highest BCUT2D eigenvalue weighted by Gasteiger charge is 2.32. The van der Waals surface area contributed by atoms with E-state index in [9.17, 15) is 27.2 Å². The predicted octanol–water partition coefficient (Wildman–Crippen LogP) is 3.03. The van der Waals surface area contributed by atoms with Gasteiger partial charge in [0, 0.05) is 6.54 Å². The molecule has 1 aromatic rings. The van der Waals surface area contributed by atoms with Gasteiger partial charge in [0.2, 0.25) is 5.91 Å². The molecule has 1 N–H and O–H groups in total. The second-order valence-corrected chi connectivity index (χ2v) is 5.47. The number of alkyl halides is 1. The number of carbonyl (C=O) groups is 2. The number of anilines is 1. The molecule has 0 atom stereocenters. The van der Waals surface area contributed by atoms with Crippen LogP contribution in [0, 0.1) is 17.5 Å². The van der Waals surface area contributed by atoms with Gasteiger partial charge in [0.15, 0.2) is 23.1 Å². The second-order valence-electron chi connectivity index (χ2n) is 5.47. The van der Waals surface area contributed by atoms with E-state index in [0.717, 1.165) is 24.8 Å². The molecule has 0 heterocycles. The monoisotopic (exact) mass is 334 g/mol. The average molecular weight is 334 g/mol. The van der Waals surface area contributed by atoms with Crippen LogP contribution in [-0.4, -0.2) is 35.5 Å². The number of amides is 2. The van der Waals surface area contributed by atoms with Crippen LogP contribution in [0.4, 0.5) is 23.2 Å². The van der Waals surface area contributed by atoms with E-state index in [1.165, 1.54) is 0 Å². The van der Waals surface area contributed by atoms with E-state index in [-0.39, 0.29) is 6.54 Å². The zero-order chi connectivity index (χ0) is 17.8. The highest BCUT2D eigenvalue weighted by Crippen LogP contribution is 2.20. The number of hydrogen-bond acceptors (Lipinski definition) is 2. The average Bonchev–Trinajstić information content (AvgIpc) is 2.45. The van der Waals surface area contributed by atoms with Gasteiger partial charge >= 0.3 is 0 Å². The van der Waals surface area contributed by atoms with Crippen molar-refractivity contribution in [1.82, 2.24) is 4.90 Å². The zero-order valence-corrected chi connectivity index (χ0v) is 13.1. The molecule has 0 aliphatic rings. The van der Waals surface area contributed by atoms with Gasteiger partial charge in [0.05, 0.1) is 12.2 Å². The summed E-state index contributed by atoms with van der Waals surface area (Å²) < 4.78 is 53.1. The summed E-state index contributed by atoms with van der Waals surface area (Å²) in [5, 5.41) is 2.04. The standard InChI is InChI=1S/C15H18F4N2O2/c1-4-7-21(14(23)15(2,3)19)8-11(22)20-10-6-5-9(16)12(17)13(10)18/h5-6H,4,7-8H2,1-3H3,(H,20,22). The predicted molar refractivity (Wildman–Crippen MR) is 77.0 cm³/mol. The molecule has 8 heteroatoms. The number of carbonyl (C=O) groups excluding carboxylic acids is 2. The molecule has 0 saturated heterocycles. The van der Waals surface area contributed by atoms with Crippen LogP contribution in [0.3, 0.4) is 0 Å². The fourth-order valence-electron chi connectivity index (χ4n) is 1.88. The molecule has 0 spiro atoms. The topological polar surface area (TPSA) is 49.4 Å². The molecule has 2 amide bonds. The summed E-state index contributed by atoms with van der Waals surface area (Å²) in [4.78, 5) is 24.7. The Hall–Kier alpha value is -2.12. The molecule has 1 rings (SSSR count). The minimum Gasteiger partial charge on any atom is -0.331 e. The SMILES string of the molecule is CCCN(CC(=O)Nc1ccc(F)c(F)c1F)C(=O)C(C)(C)F. The number of rotatable bonds is 6. The highest BCUT2D eigenvalue weighted by molar-refractivity contribution is 5.95. The lowest BCUT2D eigenvalue weighted by atomic mass is 10.1. The molecule has 0 saturated carbocycles. The Morgan fingerprint density at radius 3 is 2.30 bits per heavy atom. The molecule has 0 radical (unpaired) electrons. The molecular formula is C15H18F4N2O2. The van der Waals surface area contributed by atoms with E-state index in [1.807, 2.05) is 5.32 Å². The van der Waals surface area contributed by atoms with Crippen molar-refractivity contribution >= 4 is 17.5 Å². The molecule has 23 heavy (non-hydrogen) atoms. The summed E-state index contributed by atoms with van der Waals surface area (Å²) in [7, 11) is 0. The maximum absolute atomic E-state index is 13.7. The van der Waals surface area contributed by atoms with Crippen LogP contribution in [0.5, 0.6) is 0 Å². The Balaban J connectivity index is 2.85. The summed E-state index contributed by atoms with van der Waals surface area (Å²) in [6.45, 7) is 3.45. The van der Waals surface area contributed by atoms with Crippen molar-refractivity contribution in [3.8, 4) is 0 Å². The van der Waals surface area contributed by atoms with Gasteiger partial charge in [-0.2, -0.15) is 0 Å². The van der Waals surface area contributed by atoms with E-state index in [0.29, 0.717) is 12.5 Å². The summed E-state index contributed by atoms with van der Waals surface area (Å²) in [6, 6.07) is 1.52. The number of halogens is 4. The largest absolute Gasteiger partial charge is 0.331 e. The van der Waals surface area contributed by atoms with Crippen molar-refractivity contribution < 1.29 is 27.2 Å². The second kappa shape index (κ2) is 7.43. The number of hydrogen-bond donors (Lipinski definition) is 1. The maximum Gasteiger partial charge on any atom is 0.260 e. The highest BCUT2D eigenvalue weighted by atomic mass is 19.2. The molecular weight excluding hydrogens is 316 g/mol. The van der Waals surface area contributed by atoms with Crippen molar-refractivity contribution in [3.05, 3.63) is 29.6 Å². The number of nitrogens with one attached hydrogen (secondary N) is 1. The minimum atomic E-state index is -2.16.